The summed E-state index contributed by atoms with van der Waals surface area (Å²) in [6, 6.07) is 5.57. The van der Waals surface area contributed by atoms with Crippen LogP contribution in [0.5, 0.6) is 0 Å². The Morgan fingerprint density at radius 3 is 2.26 bits per heavy atom. The van der Waals surface area contributed by atoms with Crippen molar-refractivity contribution in [2.45, 2.75) is 40.5 Å². The average molecular weight is 340 g/mol. The van der Waals surface area contributed by atoms with E-state index in [0.29, 0.717) is 12.2 Å². The third-order valence-electron chi connectivity index (χ3n) is 4.15. The van der Waals surface area contributed by atoms with Gasteiger partial charge in [0.25, 0.3) is 0 Å². The molecule has 0 aliphatic heterocycles. The van der Waals surface area contributed by atoms with E-state index in [0.717, 1.165) is 24.0 Å². The van der Waals surface area contributed by atoms with Crippen molar-refractivity contribution < 1.29 is 13.2 Å². The summed E-state index contributed by atoms with van der Waals surface area (Å²) in [6.07, 6.45) is 2.76. The van der Waals surface area contributed by atoms with E-state index in [-0.39, 0.29) is 18.4 Å². The van der Waals surface area contributed by atoms with Crippen LogP contribution in [0.25, 0.3) is 0 Å². The predicted octanol–water partition coefficient (Wildman–Crippen LogP) is 2.62. The van der Waals surface area contributed by atoms with E-state index in [1.54, 1.807) is 6.07 Å². The number of hydrogen-bond donors (Lipinski definition) is 1. The van der Waals surface area contributed by atoms with E-state index in [1.165, 1.54) is 10.6 Å². The third kappa shape index (κ3) is 5.53. The standard InChI is InChI=1S/C17H28N2O3S/c1-6-15(7-2)17(20)18-10-11-19(23(5,21)22)16-9-8-13(3)14(4)12-16/h8-9,12,15H,6-7,10-11H2,1-5H3,(H,18,20). The largest absolute Gasteiger partial charge is 0.354 e. The summed E-state index contributed by atoms with van der Waals surface area (Å²) in [5.41, 5.74) is 2.79. The highest BCUT2D eigenvalue weighted by atomic mass is 32.2. The minimum Gasteiger partial charge on any atom is -0.354 e. The molecule has 5 nitrogen and oxygen atoms in total. The van der Waals surface area contributed by atoms with Crippen molar-refractivity contribution in [2.24, 2.45) is 5.92 Å². The Bertz CT molecular complexity index is 637. The summed E-state index contributed by atoms with van der Waals surface area (Å²) in [6.45, 7) is 8.42. The molecule has 6 heteroatoms. The molecule has 1 rings (SSSR count). The average Bonchev–Trinajstić information content (AvgIpc) is 2.47. The molecule has 0 fully saturated rings. The van der Waals surface area contributed by atoms with Crippen LogP contribution in [-0.2, 0) is 14.8 Å². The van der Waals surface area contributed by atoms with Crippen LogP contribution in [0.2, 0.25) is 0 Å². The van der Waals surface area contributed by atoms with Crippen LogP contribution in [0, 0.1) is 19.8 Å². The number of hydrogen-bond acceptors (Lipinski definition) is 3. The van der Waals surface area contributed by atoms with Crippen LogP contribution in [0.15, 0.2) is 18.2 Å². The van der Waals surface area contributed by atoms with Crippen LogP contribution >= 0.6 is 0 Å². The summed E-state index contributed by atoms with van der Waals surface area (Å²) in [4.78, 5) is 12.0. The number of sulfonamides is 1. The molecule has 0 atom stereocenters. The van der Waals surface area contributed by atoms with Crippen molar-refractivity contribution in [3.8, 4) is 0 Å². The van der Waals surface area contributed by atoms with E-state index in [1.807, 2.05) is 39.8 Å². The molecule has 0 saturated carbocycles. The van der Waals surface area contributed by atoms with Gasteiger partial charge in [-0.15, -0.1) is 0 Å². The Balaban J connectivity index is 2.82. The molecule has 0 aliphatic rings. The smallest absolute Gasteiger partial charge is 0.232 e. The summed E-state index contributed by atoms with van der Waals surface area (Å²) in [5.74, 6) is -0.0214. The van der Waals surface area contributed by atoms with Gasteiger partial charge in [-0.1, -0.05) is 19.9 Å². The van der Waals surface area contributed by atoms with Crippen LogP contribution in [0.1, 0.15) is 37.8 Å². The van der Waals surface area contributed by atoms with Gasteiger partial charge in [0.05, 0.1) is 18.5 Å². The van der Waals surface area contributed by atoms with Gasteiger partial charge in [0, 0.05) is 12.5 Å². The zero-order chi connectivity index (χ0) is 17.6. The number of rotatable bonds is 8. The Labute approximate surface area is 140 Å². The fraction of sp³-hybridized carbons (Fsp3) is 0.588. The van der Waals surface area contributed by atoms with E-state index < -0.39 is 10.0 Å². The van der Waals surface area contributed by atoms with Crippen LogP contribution in [0.3, 0.4) is 0 Å². The van der Waals surface area contributed by atoms with Crippen molar-refractivity contribution in [3.05, 3.63) is 29.3 Å². The lowest BCUT2D eigenvalue weighted by Gasteiger charge is -2.24. The predicted molar refractivity (Wildman–Crippen MR) is 95.2 cm³/mol. The second-order valence-corrected chi connectivity index (χ2v) is 7.81. The molecular weight excluding hydrogens is 312 g/mol. The number of amides is 1. The first-order chi connectivity index (χ1) is 10.7. The first kappa shape index (κ1) is 19.5. The van der Waals surface area contributed by atoms with Gasteiger partial charge in [0.15, 0.2) is 0 Å². The number of carbonyl (C=O) groups is 1. The van der Waals surface area contributed by atoms with Crippen molar-refractivity contribution in [2.75, 3.05) is 23.7 Å². The minimum atomic E-state index is -3.39. The Morgan fingerprint density at radius 1 is 1.17 bits per heavy atom. The number of aryl methyl sites for hydroxylation is 2. The second-order valence-electron chi connectivity index (χ2n) is 5.91. The molecule has 1 aromatic rings. The zero-order valence-electron chi connectivity index (χ0n) is 14.7. The van der Waals surface area contributed by atoms with E-state index in [2.05, 4.69) is 5.32 Å². The number of benzene rings is 1. The number of anilines is 1. The minimum absolute atomic E-state index is 0.0106. The molecule has 1 N–H and O–H groups in total. The Morgan fingerprint density at radius 2 is 1.78 bits per heavy atom. The van der Waals surface area contributed by atoms with Gasteiger partial charge in [0.2, 0.25) is 15.9 Å². The summed E-state index contributed by atoms with van der Waals surface area (Å²) in [5, 5.41) is 2.84. The SMILES string of the molecule is CCC(CC)C(=O)NCCN(c1ccc(C)c(C)c1)S(C)(=O)=O. The molecule has 0 bridgehead atoms. The molecule has 0 heterocycles. The maximum Gasteiger partial charge on any atom is 0.232 e. The summed E-state index contributed by atoms with van der Waals surface area (Å²) in [7, 11) is -3.39. The maximum absolute atomic E-state index is 12.1. The molecule has 0 aliphatic carbocycles. The highest BCUT2D eigenvalue weighted by Crippen LogP contribution is 2.20. The quantitative estimate of drug-likeness (QED) is 0.791. The number of carbonyl (C=O) groups excluding carboxylic acids is 1. The Kier molecular flexibility index (Phi) is 7.06. The monoisotopic (exact) mass is 340 g/mol. The molecule has 0 aromatic heterocycles. The summed E-state index contributed by atoms with van der Waals surface area (Å²) >= 11 is 0. The topological polar surface area (TPSA) is 66.5 Å². The first-order valence-electron chi connectivity index (χ1n) is 8.03. The molecule has 0 saturated heterocycles. The molecule has 0 spiro atoms. The second kappa shape index (κ2) is 8.34. The van der Waals surface area contributed by atoms with E-state index in [4.69, 9.17) is 0 Å². The van der Waals surface area contributed by atoms with Crippen molar-refractivity contribution in [1.82, 2.24) is 5.32 Å². The lowest BCUT2D eigenvalue weighted by Crippen LogP contribution is -2.40. The first-order valence-corrected chi connectivity index (χ1v) is 9.88. The van der Waals surface area contributed by atoms with Gasteiger partial charge < -0.3 is 5.32 Å². The lowest BCUT2D eigenvalue weighted by atomic mass is 10.0. The van der Waals surface area contributed by atoms with Gasteiger partial charge in [-0.3, -0.25) is 9.10 Å². The van der Waals surface area contributed by atoms with Gasteiger partial charge >= 0.3 is 0 Å². The van der Waals surface area contributed by atoms with E-state index >= 15 is 0 Å². The third-order valence-corrected chi connectivity index (χ3v) is 5.34. The zero-order valence-corrected chi connectivity index (χ0v) is 15.5. The van der Waals surface area contributed by atoms with Gasteiger partial charge in [-0.05, 0) is 49.9 Å². The summed E-state index contributed by atoms with van der Waals surface area (Å²) < 4.78 is 25.5. The van der Waals surface area contributed by atoms with Crippen molar-refractivity contribution in [1.29, 1.82) is 0 Å². The molecule has 1 aromatic carbocycles. The Hall–Kier alpha value is -1.56. The van der Waals surface area contributed by atoms with Crippen LogP contribution in [-0.4, -0.2) is 33.7 Å². The van der Waals surface area contributed by atoms with Gasteiger partial charge in [-0.25, -0.2) is 8.42 Å². The number of nitrogens with zero attached hydrogens (tertiary/aromatic N) is 1. The fourth-order valence-corrected chi connectivity index (χ4v) is 3.37. The van der Waals surface area contributed by atoms with E-state index in [9.17, 15) is 13.2 Å². The molecule has 1 amide bonds. The van der Waals surface area contributed by atoms with Gasteiger partial charge in [-0.2, -0.15) is 0 Å². The molecule has 0 unspecified atom stereocenters. The number of nitrogens with one attached hydrogen (secondary N) is 1. The lowest BCUT2D eigenvalue weighted by molar-refractivity contribution is -0.125. The molecule has 0 radical (unpaired) electrons. The normalized spacial score (nSPS) is 11.6. The fourth-order valence-electron chi connectivity index (χ4n) is 2.45. The van der Waals surface area contributed by atoms with Crippen molar-refractivity contribution in [3.63, 3.8) is 0 Å². The highest BCUT2D eigenvalue weighted by Gasteiger charge is 2.19. The maximum atomic E-state index is 12.1. The van der Waals surface area contributed by atoms with Crippen molar-refractivity contribution >= 4 is 21.6 Å². The van der Waals surface area contributed by atoms with Crippen LogP contribution < -0.4 is 9.62 Å². The molecule has 23 heavy (non-hydrogen) atoms. The molecular formula is C17H28N2O3S. The highest BCUT2D eigenvalue weighted by molar-refractivity contribution is 7.92. The molecule has 130 valence electrons. The van der Waals surface area contributed by atoms with Gasteiger partial charge in [0.1, 0.15) is 0 Å². The van der Waals surface area contributed by atoms with Crippen LogP contribution in [0.4, 0.5) is 5.69 Å².